The number of carbonyl (C=O) groups excluding carboxylic acids is 1. The molecule has 3 aromatic rings. The largest absolute Gasteiger partial charge is 0.374 e. The Hall–Kier alpha value is -2.59. The summed E-state index contributed by atoms with van der Waals surface area (Å²) in [6.07, 6.45) is 0.253. The predicted octanol–water partition coefficient (Wildman–Crippen LogP) is 2.04. The maximum atomic E-state index is 12.7. The molecule has 0 saturated heterocycles. The van der Waals surface area contributed by atoms with Crippen molar-refractivity contribution in [3.8, 4) is 5.69 Å². The Morgan fingerprint density at radius 3 is 2.69 bits per heavy atom. The average Bonchev–Trinajstić information content (AvgIpc) is 3.13. The number of nitrogens with zero attached hydrogens (tertiary/aromatic N) is 4. The van der Waals surface area contributed by atoms with Crippen molar-refractivity contribution in [2.24, 2.45) is 7.05 Å². The highest BCUT2D eigenvalue weighted by molar-refractivity contribution is 8.01. The minimum Gasteiger partial charge on any atom is -0.374 e. The summed E-state index contributed by atoms with van der Waals surface area (Å²) >= 11 is 2.69. The van der Waals surface area contributed by atoms with Crippen LogP contribution in [0.4, 0.5) is 10.8 Å². The lowest BCUT2D eigenvalue weighted by atomic mass is 10.3. The molecule has 26 heavy (non-hydrogen) atoms. The quantitative estimate of drug-likeness (QED) is 0.624. The summed E-state index contributed by atoms with van der Waals surface area (Å²) in [5.41, 5.74) is 7.00. The molecular formula is C16H18N6O2S2. The Morgan fingerprint density at radius 1 is 1.31 bits per heavy atom. The number of hydrogen-bond acceptors (Lipinski definition) is 7. The van der Waals surface area contributed by atoms with E-state index in [4.69, 9.17) is 5.73 Å². The van der Waals surface area contributed by atoms with Crippen molar-refractivity contribution in [2.75, 3.05) is 16.8 Å². The molecule has 3 N–H and O–H groups in total. The van der Waals surface area contributed by atoms with Crippen molar-refractivity contribution in [3.05, 3.63) is 46.4 Å². The minimum atomic E-state index is -0.255. The Morgan fingerprint density at radius 2 is 2.04 bits per heavy atom. The van der Waals surface area contributed by atoms with Gasteiger partial charge in [-0.05, 0) is 19.1 Å². The third kappa shape index (κ3) is 3.81. The van der Waals surface area contributed by atoms with E-state index in [9.17, 15) is 9.59 Å². The van der Waals surface area contributed by atoms with E-state index in [1.807, 2.05) is 30.3 Å². The lowest BCUT2D eigenvalue weighted by molar-refractivity contribution is -0.115. The van der Waals surface area contributed by atoms with Crippen LogP contribution >= 0.6 is 23.1 Å². The summed E-state index contributed by atoms with van der Waals surface area (Å²) < 4.78 is 3.98. The lowest BCUT2D eigenvalue weighted by Gasteiger charge is -2.07. The fraction of sp³-hybridized carbons (Fsp3) is 0.250. The molecule has 8 nitrogen and oxygen atoms in total. The highest BCUT2D eigenvalue weighted by Crippen LogP contribution is 2.24. The first-order valence-electron chi connectivity index (χ1n) is 7.83. The van der Waals surface area contributed by atoms with Gasteiger partial charge in [-0.2, -0.15) is 0 Å². The number of carbonyl (C=O) groups is 1. The zero-order chi connectivity index (χ0) is 18.7. The van der Waals surface area contributed by atoms with E-state index in [1.165, 1.54) is 27.8 Å². The van der Waals surface area contributed by atoms with Crippen LogP contribution in [0.25, 0.3) is 5.69 Å². The minimum absolute atomic E-state index is 0.221. The number of rotatable bonds is 6. The highest BCUT2D eigenvalue weighted by Gasteiger charge is 2.18. The van der Waals surface area contributed by atoms with E-state index in [0.29, 0.717) is 22.3 Å². The van der Waals surface area contributed by atoms with Crippen LogP contribution < -0.4 is 16.6 Å². The monoisotopic (exact) mass is 390 g/mol. The van der Waals surface area contributed by atoms with Gasteiger partial charge in [0.2, 0.25) is 11.0 Å². The zero-order valence-corrected chi connectivity index (χ0v) is 15.9. The van der Waals surface area contributed by atoms with Crippen LogP contribution in [0.15, 0.2) is 39.5 Å². The fourth-order valence-corrected chi connectivity index (χ4v) is 4.07. The van der Waals surface area contributed by atoms with Crippen molar-refractivity contribution in [2.45, 2.75) is 17.7 Å². The first kappa shape index (κ1) is 18.2. The van der Waals surface area contributed by atoms with Crippen LogP contribution in [0.1, 0.15) is 12.1 Å². The maximum Gasteiger partial charge on any atom is 0.295 e. The third-order valence-electron chi connectivity index (χ3n) is 3.80. The standard InChI is InChI=1S/C16H18N6O2S2/c1-10-13(14(24)22(21(10)2)11-6-4-3-5-7-11)18-12(23)8-9-25-16-20-19-15(17)26-16/h3-7H,8-9H2,1-2H3,(H2,17,19)(H,18,23). The lowest BCUT2D eigenvalue weighted by Crippen LogP contribution is -2.23. The molecule has 0 radical (unpaired) electrons. The van der Waals surface area contributed by atoms with E-state index < -0.39 is 0 Å². The van der Waals surface area contributed by atoms with Gasteiger partial charge in [-0.15, -0.1) is 10.2 Å². The second-order valence-corrected chi connectivity index (χ2v) is 7.84. The van der Waals surface area contributed by atoms with E-state index in [1.54, 1.807) is 18.7 Å². The number of benzene rings is 1. The highest BCUT2D eigenvalue weighted by atomic mass is 32.2. The molecule has 2 aromatic heterocycles. The van der Waals surface area contributed by atoms with E-state index in [-0.39, 0.29) is 17.9 Å². The van der Waals surface area contributed by atoms with Crippen molar-refractivity contribution in [1.29, 1.82) is 0 Å². The normalized spacial score (nSPS) is 10.8. The maximum absolute atomic E-state index is 12.7. The van der Waals surface area contributed by atoms with Crippen LogP contribution in [-0.4, -0.2) is 31.2 Å². The smallest absolute Gasteiger partial charge is 0.295 e. The molecule has 1 aromatic carbocycles. The van der Waals surface area contributed by atoms with E-state index >= 15 is 0 Å². The average molecular weight is 390 g/mol. The molecule has 0 aliphatic carbocycles. The number of hydrogen-bond donors (Lipinski definition) is 2. The van der Waals surface area contributed by atoms with Gasteiger partial charge >= 0.3 is 0 Å². The van der Waals surface area contributed by atoms with Gasteiger partial charge in [-0.3, -0.25) is 14.3 Å². The Bertz CT molecular complexity index is 977. The topological polar surface area (TPSA) is 108 Å². The second-order valence-electron chi connectivity index (χ2n) is 5.49. The molecular weight excluding hydrogens is 372 g/mol. The van der Waals surface area contributed by atoms with Gasteiger partial charge in [0.15, 0.2) is 4.34 Å². The molecule has 0 spiro atoms. The molecule has 0 fully saturated rings. The molecule has 0 saturated carbocycles. The molecule has 0 aliphatic rings. The molecule has 2 heterocycles. The third-order valence-corrected chi connectivity index (χ3v) is 5.68. The van der Waals surface area contributed by atoms with Gasteiger partial charge in [0.05, 0.1) is 11.4 Å². The first-order chi connectivity index (χ1) is 12.5. The second kappa shape index (κ2) is 7.75. The molecule has 0 unspecified atom stereocenters. The van der Waals surface area contributed by atoms with Crippen molar-refractivity contribution >= 4 is 39.8 Å². The molecule has 136 valence electrons. The van der Waals surface area contributed by atoms with Gasteiger partial charge in [0, 0.05) is 19.2 Å². The summed E-state index contributed by atoms with van der Waals surface area (Å²) in [5.74, 6) is 0.306. The number of nitrogens with one attached hydrogen (secondary N) is 1. The zero-order valence-electron chi connectivity index (χ0n) is 14.3. The van der Waals surface area contributed by atoms with Gasteiger partial charge < -0.3 is 11.1 Å². The van der Waals surface area contributed by atoms with Gasteiger partial charge in [0.1, 0.15) is 5.69 Å². The Kier molecular flexibility index (Phi) is 5.43. The number of aromatic nitrogens is 4. The number of amides is 1. The van der Waals surface area contributed by atoms with Crippen LogP contribution in [-0.2, 0) is 11.8 Å². The van der Waals surface area contributed by atoms with Gasteiger partial charge in [-0.1, -0.05) is 41.3 Å². The number of nitrogen functional groups attached to an aromatic ring is 1. The van der Waals surface area contributed by atoms with Crippen molar-refractivity contribution in [3.63, 3.8) is 0 Å². The molecule has 3 rings (SSSR count). The number of nitrogens with two attached hydrogens (primary N) is 1. The summed E-state index contributed by atoms with van der Waals surface area (Å²) in [4.78, 5) is 25.0. The van der Waals surface area contributed by atoms with Crippen LogP contribution in [0, 0.1) is 6.92 Å². The molecule has 0 bridgehead atoms. The summed E-state index contributed by atoms with van der Waals surface area (Å²) in [7, 11) is 1.79. The van der Waals surface area contributed by atoms with E-state index in [0.717, 1.165) is 10.0 Å². The van der Waals surface area contributed by atoms with Gasteiger partial charge in [-0.25, -0.2) is 4.68 Å². The van der Waals surface area contributed by atoms with Crippen LogP contribution in [0.3, 0.4) is 0 Å². The molecule has 1 amide bonds. The molecule has 0 atom stereocenters. The Labute approximate surface area is 158 Å². The van der Waals surface area contributed by atoms with E-state index in [2.05, 4.69) is 15.5 Å². The summed E-state index contributed by atoms with van der Waals surface area (Å²) in [6.45, 7) is 1.80. The first-order valence-corrected chi connectivity index (χ1v) is 9.63. The number of para-hydroxylation sites is 1. The molecule has 10 heteroatoms. The number of anilines is 2. The van der Waals surface area contributed by atoms with Crippen molar-refractivity contribution in [1.82, 2.24) is 19.6 Å². The Balaban J connectivity index is 1.69. The van der Waals surface area contributed by atoms with Crippen LogP contribution in [0.5, 0.6) is 0 Å². The summed E-state index contributed by atoms with van der Waals surface area (Å²) in [6, 6.07) is 9.30. The van der Waals surface area contributed by atoms with Crippen molar-refractivity contribution < 1.29 is 4.79 Å². The fourth-order valence-electron chi connectivity index (χ4n) is 2.42. The molecule has 0 aliphatic heterocycles. The number of thioether (sulfide) groups is 1. The SMILES string of the molecule is Cc1c(NC(=O)CCSc2nnc(N)s2)c(=O)n(-c2ccccc2)n1C. The summed E-state index contributed by atoms with van der Waals surface area (Å²) in [5, 5.41) is 10.8. The van der Waals surface area contributed by atoms with Gasteiger partial charge in [0.25, 0.3) is 5.56 Å². The predicted molar refractivity (Wildman–Crippen MR) is 104 cm³/mol. The van der Waals surface area contributed by atoms with Crippen LogP contribution in [0.2, 0.25) is 0 Å².